The van der Waals surface area contributed by atoms with E-state index in [9.17, 15) is 0 Å². The van der Waals surface area contributed by atoms with E-state index >= 15 is 0 Å². The lowest BCUT2D eigenvalue weighted by atomic mass is 10.1. The van der Waals surface area contributed by atoms with E-state index in [1.807, 2.05) is 12.5 Å². The molecule has 4 nitrogen and oxygen atoms in total. The van der Waals surface area contributed by atoms with Crippen LogP contribution >= 0.6 is 11.8 Å². The highest BCUT2D eigenvalue weighted by Gasteiger charge is 2.14. The van der Waals surface area contributed by atoms with Gasteiger partial charge < -0.3 is 9.88 Å². The molecule has 0 spiro atoms. The number of nitrogens with zero attached hydrogens (tertiary/aromatic N) is 3. The quantitative estimate of drug-likeness (QED) is 0.738. The van der Waals surface area contributed by atoms with E-state index in [-0.39, 0.29) is 0 Å². The summed E-state index contributed by atoms with van der Waals surface area (Å²) in [7, 11) is 0. The monoisotopic (exact) mass is 296 g/mol. The van der Waals surface area contributed by atoms with Crippen molar-refractivity contribution in [3.63, 3.8) is 0 Å². The van der Waals surface area contributed by atoms with E-state index < -0.39 is 0 Å². The van der Waals surface area contributed by atoms with Gasteiger partial charge in [-0.1, -0.05) is 12.1 Å². The molecule has 4 rings (SSSR count). The maximum atomic E-state index is 4.70. The van der Waals surface area contributed by atoms with Crippen molar-refractivity contribution in [3.05, 3.63) is 42.4 Å². The minimum Gasteiger partial charge on any atom is -0.326 e. The van der Waals surface area contributed by atoms with Crippen molar-refractivity contribution in [3.8, 4) is 11.1 Å². The number of rotatable bonds is 2. The molecule has 3 heterocycles. The molecule has 3 aromatic rings. The van der Waals surface area contributed by atoms with Crippen LogP contribution in [0.4, 0.5) is 0 Å². The lowest BCUT2D eigenvalue weighted by molar-refractivity contribution is 0.514. The topological polar surface area (TPSA) is 42.7 Å². The Morgan fingerprint density at radius 3 is 2.90 bits per heavy atom. The summed E-state index contributed by atoms with van der Waals surface area (Å²) >= 11 is 1.66. The van der Waals surface area contributed by atoms with E-state index in [0.29, 0.717) is 0 Å². The lowest BCUT2D eigenvalue weighted by Crippen LogP contribution is -2.28. The van der Waals surface area contributed by atoms with Gasteiger partial charge in [-0.25, -0.2) is 9.97 Å². The van der Waals surface area contributed by atoms with Crippen LogP contribution in [-0.4, -0.2) is 27.3 Å². The lowest BCUT2D eigenvalue weighted by Gasteiger charge is -2.15. The fraction of sp³-hybridized carbons (Fsp3) is 0.250. The van der Waals surface area contributed by atoms with Gasteiger partial charge in [-0.05, 0) is 30.0 Å². The van der Waals surface area contributed by atoms with Gasteiger partial charge in [0.25, 0.3) is 0 Å². The van der Waals surface area contributed by atoms with E-state index in [4.69, 9.17) is 4.98 Å². The second kappa shape index (κ2) is 5.16. The molecule has 0 radical (unpaired) electrons. The number of nitrogens with one attached hydrogen (secondary N) is 1. The van der Waals surface area contributed by atoms with Crippen molar-refractivity contribution in [2.45, 2.75) is 18.1 Å². The predicted molar refractivity (Wildman–Crippen MR) is 86.5 cm³/mol. The molecule has 0 bridgehead atoms. The zero-order chi connectivity index (χ0) is 14.2. The van der Waals surface area contributed by atoms with Crippen LogP contribution in [0.25, 0.3) is 22.2 Å². The van der Waals surface area contributed by atoms with Gasteiger partial charge in [-0.15, -0.1) is 11.8 Å². The Morgan fingerprint density at radius 1 is 1.19 bits per heavy atom. The van der Waals surface area contributed by atoms with Crippen molar-refractivity contribution in [1.29, 1.82) is 0 Å². The zero-order valence-corrected chi connectivity index (χ0v) is 12.7. The molecule has 2 aromatic heterocycles. The molecule has 1 aliphatic heterocycles. The summed E-state index contributed by atoms with van der Waals surface area (Å²) in [5.41, 5.74) is 4.65. The number of hydrogen-bond donors (Lipinski definition) is 1. The fourth-order valence-corrected chi connectivity index (χ4v) is 3.16. The number of fused-ring (bicyclic) bond motifs is 3. The van der Waals surface area contributed by atoms with Crippen molar-refractivity contribution in [2.75, 3.05) is 12.8 Å². The number of imidazole rings is 1. The first-order valence-corrected chi connectivity index (χ1v) is 8.28. The van der Waals surface area contributed by atoms with Gasteiger partial charge in [0.2, 0.25) is 0 Å². The Kier molecular flexibility index (Phi) is 3.16. The van der Waals surface area contributed by atoms with Crippen LogP contribution in [0.2, 0.25) is 0 Å². The van der Waals surface area contributed by atoms with Gasteiger partial charge in [0.15, 0.2) is 0 Å². The molecule has 1 N–H and O–H groups in total. The molecule has 0 unspecified atom stereocenters. The summed E-state index contributed by atoms with van der Waals surface area (Å²) in [6, 6.07) is 10.7. The van der Waals surface area contributed by atoms with Crippen molar-refractivity contribution < 1.29 is 0 Å². The highest BCUT2D eigenvalue weighted by Crippen LogP contribution is 2.26. The standard InChI is InChI=1S/C16H16N4S/c1-21-16-5-3-12(9-18-16)11-2-4-13-14(8-11)20-7-6-17-10-15(20)19-13/h2-5,8-9,17H,6-7,10H2,1H3. The molecule has 5 heteroatoms. The van der Waals surface area contributed by atoms with Crippen LogP contribution in [0.5, 0.6) is 0 Å². The molecule has 0 amide bonds. The summed E-state index contributed by atoms with van der Waals surface area (Å²) in [5.74, 6) is 1.13. The highest BCUT2D eigenvalue weighted by molar-refractivity contribution is 7.98. The SMILES string of the molecule is CSc1ccc(-c2ccc3nc4n(c3c2)CCNC4)cn1. The molecule has 0 saturated carbocycles. The molecule has 1 aromatic carbocycles. The summed E-state index contributed by atoms with van der Waals surface area (Å²) in [6.45, 7) is 2.85. The summed E-state index contributed by atoms with van der Waals surface area (Å²) < 4.78 is 2.32. The fourth-order valence-electron chi connectivity index (χ4n) is 2.80. The third kappa shape index (κ3) is 2.22. The number of pyridine rings is 1. The zero-order valence-electron chi connectivity index (χ0n) is 11.8. The Balaban J connectivity index is 1.82. The normalized spacial score (nSPS) is 14.3. The number of aromatic nitrogens is 3. The summed E-state index contributed by atoms with van der Waals surface area (Å²) in [4.78, 5) is 9.16. The van der Waals surface area contributed by atoms with Crippen molar-refractivity contribution >= 4 is 22.8 Å². The molecule has 0 fully saturated rings. The second-order valence-corrected chi connectivity index (χ2v) is 5.98. The molecule has 1 aliphatic rings. The van der Waals surface area contributed by atoms with Crippen molar-refractivity contribution in [2.24, 2.45) is 0 Å². The first kappa shape index (κ1) is 12.9. The Labute approximate surface area is 127 Å². The predicted octanol–water partition coefficient (Wildman–Crippen LogP) is 2.92. The average molecular weight is 296 g/mol. The van der Waals surface area contributed by atoms with Crippen LogP contribution < -0.4 is 5.32 Å². The Hall–Kier alpha value is -1.85. The second-order valence-electron chi connectivity index (χ2n) is 5.15. The number of benzene rings is 1. The largest absolute Gasteiger partial charge is 0.326 e. The van der Waals surface area contributed by atoms with Gasteiger partial charge in [0, 0.05) is 24.8 Å². The maximum absolute atomic E-state index is 4.70. The smallest absolute Gasteiger partial charge is 0.123 e. The van der Waals surface area contributed by atoms with E-state index in [2.05, 4.69) is 45.2 Å². The first-order chi connectivity index (χ1) is 10.3. The maximum Gasteiger partial charge on any atom is 0.123 e. The Bertz CT molecular complexity index is 792. The van der Waals surface area contributed by atoms with Crippen LogP contribution in [-0.2, 0) is 13.1 Å². The summed E-state index contributed by atoms with van der Waals surface area (Å²) in [6.07, 6.45) is 3.99. The van der Waals surface area contributed by atoms with Gasteiger partial charge >= 0.3 is 0 Å². The Morgan fingerprint density at radius 2 is 2.10 bits per heavy atom. The van der Waals surface area contributed by atoms with E-state index in [0.717, 1.165) is 41.6 Å². The molecule has 0 atom stereocenters. The van der Waals surface area contributed by atoms with Gasteiger partial charge in [-0.3, -0.25) is 0 Å². The van der Waals surface area contributed by atoms with Crippen LogP contribution in [0.3, 0.4) is 0 Å². The number of hydrogen-bond acceptors (Lipinski definition) is 4. The first-order valence-electron chi connectivity index (χ1n) is 7.05. The molecular formula is C16H16N4S. The molecule has 0 aliphatic carbocycles. The summed E-state index contributed by atoms with van der Waals surface area (Å²) in [5, 5.41) is 4.41. The minimum absolute atomic E-state index is 0.855. The third-order valence-corrected chi connectivity index (χ3v) is 4.56. The minimum atomic E-state index is 0.855. The van der Waals surface area contributed by atoms with E-state index in [1.165, 1.54) is 11.1 Å². The molecule has 0 saturated heterocycles. The van der Waals surface area contributed by atoms with Gasteiger partial charge in [0.1, 0.15) is 5.82 Å². The number of thioether (sulfide) groups is 1. The molecule has 21 heavy (non-hydrogen) atoms. The van der Waals surface area contributed by atoms with Gasteiger partial charge in [-0.2, -0.15) is 0 Å². The van der Waals surface area contributed by atoms with Gasteiger partial charge in [0.05, 0.1) is 22.6 Å². The van der Waals surface area contributed by atoms with Crippen LogP contribution in [0.15, 0.2) is 41.6 Å². The molecule has 106 valence electrons. The van der Waals surface area contributed by atoms with E-state index in [1.54, 1.807) is 11.8 Å². The van der Waals surface area contributed by atoms with Crippen LogP contribution in [0, 0.1) is 0 Å². The van der Waals surface area contributed by atoms with Crippen molar-refractivity contribution in [1.82, 2.24) is 19.9 Å². The van der Waals surface area contributed by atoms with Crippen LogP contribution in [0.1, 0.15) is 5.82 Å². The average Bonchev–Trinajstić information content (AvgIpc) is 2.93. The third-order valence-electron chi connectivity index (χ3n) is 3.90. The highest BCUT2D eigenvalue weighted by atomic mass is 32.2. The molecular weight excluding hydrogens is 280 g/mol.